The predicted octanol–water partition coefficient (Wildman–Crippen LogP) is 3.73. The van der Waals surface area contributed by atoms with E-state index < -0.39 is 5.97 Å². The summed E-state index contributed by atoms with van der Waals surface area (Å²) in [4.78, 5) is 11.9. The van der Waals surface area contributed by atoms with Gasteiger partial charge in [0.2, 0.25) is 0 Å². The van der Waals surface area contributed by atoms with Gasteiger partial charge in [-0.15, -0.1) is 0 Å². The molecule has 0 fully saturated rings. The highest BCUT2D eigenvalue weighted by Crippen LogP contribution is 2.28. The molecular formula is C18H23NO4. The van der Waals surface area contributed by atoms with Gasteiger partial charge in [0.25, 0.3) is 0 Å². The van der Waals surface area contributed by atoms with E-state index in [2.05, 4.69) is 6.92 Å². The van der Waals surface area contributed by atoms with Crippen molar-refractivity contribution in [2.45, 2.75) is 32.6 Å². The van der Waals surface area contributed by atoms with Gasteiger partial charge in [-0.2, -0.15) is 5.26 Å². The van der Waals surface area contributed by atoms with Crippen molar-refractivity contribution in [3.8, 4) is 17.6 Å². The van der Waals surface area contributed by atoms with Gasteiger partial charge < -0.3 is 14.2 Å². The molecule has 0 heterocycles. The van der Waals surface area contributed by atoms with Crippen LogP contribution < -0.4 is 9.47 Å². The maximum atomic E-state index is 11.9. The Balaban J connectivity index is 2.75. The molecule has 0 amide bonds. The van der Waals surface area contributed by atoms with Crippen molar-refractivity contribution in [1.82, 2.24) is 0 Å². The van der Waals surface area contributed by atoms with E-state index in [4.69, 9.17) is 19.5 Å². The molecule has 0 N–H and O–H groups in total. The fourth-order valence-corrected chi connectivity index (χ4v) is 2.02. The Kier molecular flexibility index (Phi) is 8.30. The molecule has 0 saturated carbocycles. The number of hydrogen-bond donors (Lipinski definition) is 0. The lowest BCUT2D eigenvalue weighted by molar-refractivity contribution is -0.138. The van der Waals surface area contributed by atoms with Crippen LogP contribution in [-0.2, 0) is 9.53 Å². The van der Waals surface area contributed by atoms with Crippen molar-refractivity contribution in [3.05, 3.63) is 29.3 Å². The Bertz CT molecular complexity index is 587. The molecule has 0 saturated heterocycles. The van der Waals surface area contributed by atoms with Gasteiger partial charge in [-0.05, 0) is 30.2 Å². The number of nitrogens with zero attached hydrogens (tertiary/aromatic N) is 1. The van der Waals surface area contributed by atoms with E-state index in [0.717, 1.165) is 25.7 Å². The summed E-state index contributed by atoms with van der Waals surface area (Å²) in [6, 6.07) is 7.04. The first-order valence-corrected chi connectivity index (χ1v) is 7.67. The first-order chi connectivity index (χ1) is 11.2. The van der Waals surface area contributed by atoms with Crippen LogP contribution in [0.5, 0.6) is 11.5 Å². The number of ether oxygens (including phenoxy) is 3. The zero-order chi connectivity index (χ0) is 17.1. The first kappa shape index (κ1) is 18.6. The molecular weight excluding hydrogens is 294 g/mol. The second-order valence-corrected chi connectivity index (χ2v) is 4.98. The molecule has 1 aromatic carbocycles. The molecule has 1 rings (SSSR count). The Labute approximate surface area is 137 Å². The Morgan fingerprint density at radius 1 is 1.17 bits per heavy atom. The summed E-state index contributed by atoms with van der Waals surface area (Å²) in [5.41, 5.74) is 0.634. The van der Waals surface area contributed by atoms with Crippen LogP contribution in [0.25, 0.3) is 6.08 Å². The molecule has 0 bridgehead atoms. The molecule has 0 aliphatic rings. The third kappa shape index (κ3) is 6.03. The van der Waals surface area contributed by atoms with Crippen molar-refractivity contribution in [2.75, 3.05) is 20.8 Å². The average Bonchev–Trinajstić information content (AvgIpc) is 2.58. The second kappa shape index (κ2) is 10.3. The van der Waals surface area contributed by atoms with Gasteiger partial charge in [-0.3, -0.25) is 0 Å². The minimum atomic E-state index is -0.598. The van der Waals surface area contributed by atoms with Crippen LogP contribution in [-0.4, -0.2) is 26.8 Å². The lowest BCUT2D eigenvalue weighted by atomic mass is 10.1. The lowest BCUT2D eigenvalue weighted by Gasteiger charge is -2.08. The Morgan fingerprint density at radius 3 is 2.52 bits per heavy atom. The smallest absolute Gasteiger partial charge is 0.348 e. The summed E-state index contributed by atoms with van der Waals surface area (Å²) < 4.78 is 15.5. The van der Waals surface area contributed by atoms with E-state index in [0.29, 0.717) is 23.7 Å². The van der Waals surface area contributed by atoms with E-state index in [9.17, 15) is 4.79 Å². The molecule has 0 aromatic heterocycles. The van der Waals surface area contributed by atoms with Crippen LogP contribution in [0.4, 0.5) is 0 Å². The van der Waals surface area contributed by atoms with Crippen molar-refractivity contribution in [3.63, 3.8) is 0 Å². The van der Waals surface area contributed by atoms with Crippen LogP contribution in [0.2, 0.25) is 0 Å². The van der Waals surface area contributed by atoms with E-state index in [1.807, 2.05) is 6.07 Å². The number of carbonyl (C=O) groups excluding carboxylic acids is 1. The third-order valence-electron chi connectivity index (χ3n) is 3.29. The molecule has 0 atom stereocenters. The van der Waals surface area contributed by atoms with Crippen molar-refractivity contribution < 1.29 is 19.0 Å². The lowest BCUT2D eigenvalue weighted by Crippen LogP contribution is -2.08. The third-order valence-corrected chi connectivity index (χ3v) is 3.29. The summed E-state index contributed by atoms with van der Waals surface area (Å²) in [6.07, 6.45) is 5.55. The SMILES string of the molecule is CCCCCCOC(=O)C(C#N)=Cc1ccc(OC)c(OC)c1. The molecule has 0 aliphatic heterocycles. The molecule has 0 unspecified atom stereocenters. The average molecular weight is 317 g/mol. The molecule has 23 heavy (non-hydrogen) atoms. The largest absolute Gasteiger partial charge is 0.493 e. The number of nitriles is 1. The zero-order valence-electron chi connectivity index (χ0n) is 13.9. The molecule has 5 heteroatoms. The summed E-state index contributed by atoms with van der Waals surface area (Å²) in [5, 5.41) is 9.15. The van der Waals surface area contributed by atoms with Gasteiger partial charge >= 0.3 is 5.97 Å². The van der Waals surface area contributed by atoms with Crippen LogP contribution in [0.3, 0.4) is 0 Å². The van der Waals surface area contributed by atoms with Crippen molar-refractivity contribution >= 4 is 12.0 Å². The number of carbonyl (C=O) groups is 1. The van der Waals surface area contributed by atoms with Crippen molar-refractivity contribution in [1.29, 1.82) is 5.26 Å². The summed E-state index contributed by atoms with van der Waals surface area (Å²) in [5.74, 6) is 0.520. The highest BCUT2D eigenvalue weighted by molar-refractivity contribution is 5.97. The summed E-state index contributed by atoms with van der Waals surface area (Å²) >= 11 is 0. The maximum Gasteiger partial charge on any atom is 0.348 e. The molecule has 0 radical (unpaired) electrons. The van der Waals surface area contributed by atoms with Crippen LogP contribution in [0.15, 0.2) is 23.8 Å². The zero-order valence-corrected chi connectivity index (χ0v) is 13.9. The molecule has 1 aromatic rings. The maximum absolute atomic E-state index is 11.9. The van der Waals surface area contributed by atoms with E-state index in [1.165, 1.54) is 13.2 Å². The minimum absolute atomic E-state index is 0.0345. The van der Waals surface area contributed by atoms with E-state index >= 15 is 0 Å². The Morgan fingerprint density at radius 2 is 1.91 bits per heavy atom. The van der Waals surface area contributed by atoms with E-state index in [-0.39, 0.29) is 5.57 Å². The van der Waals surface area contributed by atoms with Crippen LogP contribution in [0.1, 0.15) is 38.2 Å². The molecule has 5 nitrogen and oxygen atoms in total. The predicted molar refractivity (Wildman–Crippen MR) is 88.2 cm³/mol. The van der Waals surface area contributed by atoms with Gasteiger partial charge in [0, 0.05) is 0 Å². The van der Waals surface area contributed by atoms with Gasteiger partial charge in [-0.25, -0.2) is 4.79 Å². The molecule has 124 valence electrons. The van der Waals surface area contributed by atoms with Crippen molar-refractivity contribution in [2.24, 2.45) is 0 Å². The number of rotatable bonds is 9. The molecule has 0 spiro atoms. The highest BCUT2D eigenvalue weighted by atomic mass is 16.5. The second-order valence-electron chi connectivity index (χ2n) is 4.98. The fraction of sp³-hybridized carbons (Fsp3) is 0.444. The van der Waals surface area contributed by atoms with Crippen LogP contribution in [0, 0.1) is 11.3 Å². The topological polar surface area (TPSA) is 68.6 Å². The number of esters is 1. The van der Waals surface area contributed by atoms with Gasteiger partial charge in [0.1, 0.15) is 11.6 Å². The van der Waals surface area contributed by atoms with Gasteiger partial charge in [0.15, 0.2) is 11.5 Å². The normalized spacial score (nSPS) is 10.8. The van der Waals surface area contributed by atoms with Gasteiger partial charge in [-0.1, -0.05) is 32.3 Å². The molecule has 0 aliphatic carbocycles. The highest BCUT2D eigenvalue weighted by Gasteiger charge is 2.11. The summed E-state index contributed by atoms with van der Waals surface area (Å²) in [7, 11) is 3.07. The number of unbranched alkanes of at least 4 members (excludes halogenated alkanes) is 3. The number of hydrogen-bond acceptors (Lipinski definition) is 5. The van der Waals surface area contributed by atoms with E-state index in [1.54, 1.807) is 25.3 Å². The monoisotopic (exact) mass is 317 g/mol. The fourth-order valence-electron chi connectivity index (χ4n) is 2.02. The number of methoxy groups -OCH3 is 2. The summed E-state index contributed by atoms with van der Waals surface area (Å²) in [6.45, 7) is 2.45. The minimum Gasteiger partial charge on any atom is -0.493 e. The first-order valence-electron chi connectivity index (χ1n) is 7.67. The standard InChI is InChI=1S/C18H23NO4/c1-4-5-6-7-10-23-18(20)15(13-19)11-14-8-9-16(21-2)17(12-14)22-3/h8-9,11-12H,4-7,10H2,1-3H3. The number of benzene rings is 1. The Hall–Kier alpha value is -2.48. The van der Waals surface area contributed by atoms with Crippen LogP contribution >= 0.6 is 0 Å². The quantitative estimate of drug-likeness (QED) is 0.300. The van der Waals surface area contributed by atoms with Gasteiger partial charge in [0.05, 0.1) is 20.8 Å².